The van der Waals surface area contributed by atoms with Crippen LogP contribution in [0.25, 0.3) is 17.2 Å². The average molecular weight is 588 g/mol. The van der Waals surface area contributed by atoms with Crippen LogP contribution >= 0.6 is 11.8 Å². The number of thioether (sulfide) groups is 1. The van der Waals surface area contributed by atoms with Gasteiger partial charge in [-0.25, -0.2) is 0 Å². The summed E-state index contributed by atoms with van der Waals surface area (Å²) in [5.74, 6) is 0. The van der Waals surface area contributed by atoms with Crippen LogP contribution in [0.15, 0.2) is 82.3 Å². The molecule has 0 spiro atoms. The number of allylic oxidation sites excluding steroid dienone is 4. The molecule has 34 heavy (non-hydrogen) atoms. The quantitative estimate of drug-likeness (QED) is 0.495. The molecule has 0 radical (unpaired) electrons. The fourth-order valence-electron chi connectivity index (χ4n) is 4.57. The van der Waals surface area contributed by atoms with Gasteiger partial charge in [0, 0.05) is 10.2 Å². The summed E-state index contributed by atoms with van der Waals surface area (Å²) in [5.41, 5.74) is 13.1. The van der Waals surface area contributed by atoms with Crippen LogP contribution in [0.2, 0.25) is 0 Å². The van der Waals surface area contributed by atoms with E-state index in [4.69, 9.17) is 0 Å². The Morgan fingerprint density at radius 3 is 2.21 bits per heavy atom. The van der Waals surface area contributed by atoms with Gasteiger partial charge < -0.3 is 24.8 Å². The molecule has 0 bridgehead atoms. The zero-order valence-electron chi connectivity index (χ0n) is 20.9. The molecule has 5 rings (SSSR count). The third kappa shape index (κ3) is 5.95. The average Bonchev–Trinajstić information content (AvgIpc) is 3.34. The van der Waals surface area contributed by atoms with Crippen molar-refractivity contribution in [3.63, 3.8) is 0 Å². The van der Waals surface area contributed by atoms with Gasteiger partial charge >= 0.3 is 143 Å². The summed E-state index contributed by atoms with van der Waals surface area (Å²) < 4.78 is 0.640. The maximum absolute atomic E-state index is 4.10. The standard InChI is InChI=1S/C20H21.C10H12S.2ClH.Zr/c1-14-12-16-6-5-7-18(19(16)13-14)15-8-10-17(11-9-15)20(2,3)4;1-6-4-9-7(2)8(3)11-10(9)5-6;;;/h5-13H,1-4H3;5,8H,2,4H2,1,3H3;2*1H;/q;;;;+2/p-2. The molecular formula is C30H33Cl2SZr. The second kappa shape index (κ2) is 11.5. The molecule has 1 heterocycles. The van der Waals surface area contributed by atoms with Gasteiger partial charge in [0.2, 0.25) is 0 Å². The summed E-state index contributed by atoms with van der Waals surface area (Å²) in [6, 6.07) is 15.8. The molecule has 0 nitrogen and oxygen atoms in total. The van der Waals surface area contributed by atoms with Gasteiger partial charge in [-0.05, 0) is 37.5 Å². The Hall–Kier alpha value is -0.787. The molecule has 4 heteroatoms. The van der Waals surface area contributed by atoms with E-state index in [2.05, 4.69) is 103 Å². The number of halogens is 2. The van der Waals surface area contributed by atoms with Crippen LogP contribution in [0.4, 0.5) is 0 Å². The maximum Gasteiger partial charge on any atom is -1.00 e. The third-order valence-corrected chi connectivity index (χ3v) is 9.79. The van der Waals surface area contributed by atoms with Gasteiger partial charge in [0.1, 0.15) is 0 Å². The van der Waals surface area contributed by atoms with E-state index in [0.717, 1.165) is 6.42 Å². The van der Waals surface area contributed by atoms with E-state index in [9.17, 15) is 0 Å². The Kier molecular flexibility index (Phi) is 9.97. The molecule has 1 aliphatic heterocycles. The van der Waals surface area contributed by atoms with E-state index in [1.54, 1.807) is 24.7 Å². The zero-order chi connectivity index (χ0) is 23.2. The molecule has 0 N–H and O–H groups in total. The Labute approximate surface area is 238 Å². The molecule has 2 aliphatic carbocycles. The second-order valence-electron chi connectivity index (χ2n) is 10.3. The summed E-state index contributed by atoms with van der Waals surface area (Å²) in [6.45, 7) is 17.6. The first-order valence-corrected chi connectivity index (χ1v) is 13.8. The van der Waals surface area contributed by atoms with Crippen molar-refractivity contribution >= 4 is 17.8 Å². The number of hydrogen-bond donors (Lipinski definition) is 0. The molecule has 0 saturated heterocycles. The first-order chi connectivity index (χ1) is 15.1. The Bertz CT molecular complexity index is 1160. The molecule has 2 aromatic carbocycles. The largest absolute Gasteiger partial charge is 1.00 e. The second-order valence-corrected chi connectivity index (χ2v) is 13.1. The van der Waals surface area contributed by atoms with Gasteiger partial charge in [-0.1, -0.05) is 12.2 Å². The molecule has 177 valence electrons. The minimum Gasteiger partial charge on any atom is -1.00 e. The summed E-state index contributed by atoms with van der Waals surface area (Å²) in [4.78, 5) is 1.47. The van der Waals surface area contributed by atoms with Crippen LogP contribution in [0.5, 0.6) is 0 Å². The molecule has 2 atom stereocenters. The van der Waals surface area contributed by atoms with Crippen molar-refractivity contribution in [3.8, 4) is 11.1 Å². The van der Waals surface area contributed by atoms with Gasteiger partial charge in [0.05, 0.1) is 0 Å². The SMILES string of the molecule is C=C1C2=C(C=C(C)C2)SC1C.CC1=Cc2c(-c3ccc(C(C)(C)C)cc3)cccc2[CH]1[Zr+2].[Cl-].[Cl-]. The van der Waals surface area contributed by atoms with Crippen molar-refractivity contribution in [1.29, 1.82) is 0 Å². The molecule has 0 saturated carbocycles. The van der Waals surface area contributed by atoms with Gasteiger partial charge in [-0.2, -0.15) is 0 Å². The van der Waals surface area contributed by atoms with E-state index < -0.39 is 0 Å². The Morgan fingerprint density at radius 1 is 0.971 bits per heavy atom. The van der Waals surface area contributed by atoms with E-state index in [-0.39, 0.29) is 30.2 Å². The number of hydrogen-bond acceptors (Lipinski definition) is 1. The summed E-state index contributed by atoms with van der Waals surface area (Å²) >= 11 is 3.54. The molecule has 0 fully saturated rings. The van der Waals surface area contributed by atoms with Gasteiger partial charge in [0.25, 0.3) is 0 Å². The zero-order valence-corrected chi connectivity index (χ0v) is 25.7. The van der Waals surface area contributed by atoms with Crippen LogP contribution in [0.1, 0.15) is 68.3 Å². The molecule has 2 unspecified atom stereocenters. The van der Waals surface area contributed by atoms with E-state index >= 15 is 0 Å². The van der Waals surface area contributed by atoms with Crippen molar-refractivity contribution in [2.45, 2.75) is 62.3 Å². The van der Waals surface area contributed by atoms with Crippen LogP contribution < -0.4 is 24.8 Å². The smallest absolute Gasteiger partial charge is 1.00 e. The molecule has 0 amide bonds. The summed E-state index contributed by atoms with van der Waals surface area (Å²) in [7, 11) is 0. The van der Waals surface area contributed by atoms with Crippen LogP contribution in [0, 0.1) is 0 Å². The van der Waals surface area contributed by atoms with Crippen LogP contribution in [0.3, 0.4) is 0 Å². The Morgan fingerprint density at radius 2 is 1.62 bits per heavy atom. The fraction of sp³-hybridized carbons (Fsp3) is 0.333. The van der Waals surface area contributed by atoms with Crippen molar-refractivity contribution in [2.24, 2.45) is 0 Å². The van der Waals surface area contributed by atoms with Crippen molar-refractivity contribution in [3.05, 3.63) is 99.0 Å². The maximum atomic E-state index is 4.10. The summed E-state index contributed by atoms with van der Waals surface area (Å²) in [6.07, 6.45) is 5.82. The number of rotatable bonds is 1. The molecule has 2 aromatic rings. The van der Waals surface area contributed by atoms with Gasteiger partial charge in [-0.3, -0.25) is 0 Å². The number of benzene rings is 2. The minimum atomic E-state index is 0. The fourth-order valence-corrected chi connectivity index (χ4v) is 6.67. The first kappa shape index (κ1) is 29.4. The van der Waals surface area contributed by atoms with Crippen molar-refractivity contribution in [1.82, 2.24) is 0 Å². The first-order valence-electron chi connectivity index (χ1n) is 11.5. The van der Waals surface area contributed by atoms with Crippen LogP contribution in [-0.2, 0) is 30.1 Å². The molecule has 3 aliphatic rings. The predicted molar refractivity (Wildman–Crippen MR) is 139 cm³/mol. The van der Waals surface area contributed by atoms with Crippen LogP contribution in [-0.4, -0.2) is 5.25 Å². The van der Waals surface area contributed by atoms with Gasteiger partial charge in [-0.15, -0.1) is 11.8 Å². The Balaban J connectivity index is 0.000000267. The van der Waals surface area contributed by atoms with E-state index in [0.29, 0.717) is 8.88 Å². The molecule has 0 aromatic heterocycles. The normalized spacial score (nSPS) is 20.4. The van der Waals surface area contributed by atoms with Gasteiger partial charge in [0.15, 0.2) is 0 Å². The topological polar surface area (TPSA) is 0 Å². The predicted octanol–water partition coefficient (Wildman–Crippen LogP) is 2.95. The summed E-state index contributed by atoms with van der Waals surface area (Å²) in [5, 5.41) is 0.615. The monoisotopic (exact) mass is 585 g/mol. The van der Waals surface area contributed by atoms with Crippen molar-refractivity contribution in [2.75, 3.05) is 0 Å². The number of fused-ring (bicyclic) bond motifs is 1. The third-order valence-electron chi connectivity index (χ3n) is 6.65. The van der Waals surface area contributed by atoms with E-state index in [1.165, 1.54) is 55.0 Å². The van der Waals surface area contributed by atoms with Crippen molar-refractivity contribution < 1.29 is 49.5 Å². The minimum absolute atomic E-state index is 0. The molecular weight excluding hydrogens is 555 g/mol. The van der Waals surface area contributed by atoms with E-state index in [1.807, 2.05) is 11.8 Å².